The molecule has 26 heavy (non-hydrogen) atoms. The summed E-state index contributed by atoms with van der Waals surface area (Å²) in [5, 5.41) is 4.68. The first-order valence-corrected chi connectivity index (χ1v) is 9.23. The van der Waals surface area contributed by atoms with E-state index in [1.54, 1.807) is 0 Å². The van der Waals surface area contributed by atoms with E-state index < -0.39 is 0 Å². The zero-order valence-corrected chi connectivity index (χ0v) is 14.7. The molecule has 1 aromatic heterocycles. The van der Waals surface area contributed by atoms with Gasteiger partial charge >= 0.3 is 6.47 Å². The van der Waals surface area contributed by atoms with Crippen molar-refractivity contribution in [1.29, 1.82) is 0 Å². The molecule has 3 aromatic rings. The minimum absolute atomic E-state index is 0.429. The lowest BCUT2D eigenvalue weighted by atomic mass is 9.81. The molecule has 2 aromatic carbocycles. The molecule has 1 saturated carbocycles. The molecule has 4 rings (SSSR count). The van der Waals surface area contributed by atoms with Crippen LogP contribution in [0.4, 0.5) is 0 Å². The molecule has 0 spiro atoms. The number of nitrogens with zero attached hydrogens (tertiary/aromatic N) is 2. The van der Waals surface area contributed by atoms with Crippen molar-refractivity contribution in [3.63, 3.8) is 0 Å². The number of hydrogen-bond donors (Lipinski definition) is 0. The lowest BCUT2D eigenvalue weighted by Gasteiger charge is -2.23. The van der Waals surface area contributed by atoms with E-state index in [-0.39, 0.29) is 0 Å². The number of aromatic nitrogens is 2. The molecule has 0 bridgehead atoms. The Balaban J connectivity index is 1.95. The number of benzene rings is 2. The standard InChI is InChI=1S/C22H22N2O2/c25-16-26-24-22(19-14-8-3-9-15-19)20(17-10-4-1-5-11-17)21(23-24)18-12-6-2-7-13-18/h2-3,6-9,12-17H,1,4-5,10-11H2. The summed E-state index contributed by atoms with van der Waals surface area (Å²) in [7, 11) is 0. The largest absolute Gasteiger partial charge is 0.323 e. The van der Waals surface area contributed by atoms with Crippen LogP contribution in [0.3, 0.4) is 0 Å². The van der Waals surface area contributed by atoms with Gasteiger partial charge in [-0.05, 0) is 18.8 Å². The zero-order valence-electron chi connectivity index (χ0n) is 14.7. The second-order valence-corrected chi connectivity index (χ2v) is 6.75. The Kier molecular flexibility index (Phi) is 4.82. The van der Waals surface area contributed by atoms with E-state index in [9.17, 15) is 4.79 Å². The molecule has 1 heterocycles. The van der Waals surface area contributed by atoms with E-state index in [1.165, 1.54) is 29.7 Å². The molecule has 1 fully saturated rings. The fraction of sp³-hybridized carbons (Fsp3) is 0.273. The lowest BCUT2D eigenvalue weighted by molar-refractivity contribution is -0.130. The highest BCUT2D eigenvalue weighted by Crippen LogP contribution is 2.43. The van der Waals surface area contributed by atoms with Crippen LogP contribution in [-0.4, -0.2) is 16.4 Å². The van der Waals surface area contributed by atoms with Crippen LogP contribution >= 0.6 is 0 Å². The van der Waals surface area contributed by atoms with Gasteiger partial charge in [0.15, 0.2) is 0 Å². The summed E-state index contributed by atoms with van der Waals surface area (Å²) < 4.78 is 0. The Bertz CT molecular complexity index is 866. The van der Waals surface area contributed by atoms with Crippen molar-refractivity contribution >= 4 is 6.47 Å². The van der Waals surface area contributed by atoms with Gasteiger partial charge in [0.1, 0.15) is 11.4 Å². The van der Waals surface area contributed by atoms with Crippen LogP contribution in [0.2, 0.25) is 0 Å². The average molecular weight is 346 g/mol. The first-order valence-electron chi connectivity index (χ1n) is 9.23. The van der Waals surface area contributed by atoms with Crippen LogP contribution in [0.5, 0.6) is 0 Å². The molecule has 0 saturated heterocycles. The molecule has 0 aliphatic heterocycles. The molecule has 1 aliphatic carbocycles. The summed E-state index contributed by atoms with van der Waals surface area (Å²) in [5.41, 5.74) is 5.08. The summed E-state index contributed by atoms with van der Waals surface area (Å²) >= 11 is 0. The number of carbonyl (C=O) groups excluding carboxylic acids is 1. The van der Waals surface area contributed by atoms with Crippen molar-refractivity contribution < 1.29 is 9.63 Å². The Morgan fingerprint density at radius 2 is 1.50 bits per heavy atom. The summed E-state index contributed by atoms with van der Waals surface area (Å²) in [5.74, 6) is 0.429. The fourth-order valence-electron chi connectivity index (χ4n) is 3.98. The van der Waals surface area contributed by atoms with Crippen LogP contribution in [0.1, 0.15) is 43.6 Å². The topological polar surface area (TPSA) is 44.1 Å². The van der Waals surface area contributed by atoms with E-state index in [2.05, 4.69) is 17.2 Å². The number of rotatable bonds is 5. The first-order chi connectivity index (χ1) is 12.9. The third kappa shape index (κ3) is 3.15. The normalized spacial score (nSPS) is 14.9. The van der Waals surface area contributed by atoms with Gasteiger partial charge in [0, 0.05) is 16.7 Å². The van der Waals surface area contributed by atoms with E-state index in [1.807, 2.05) is 48.5 Å². The highest BCUT2D eigenvalue weighted by atomic mass is 16.7. The summed E-state index contributed by atoms with van der Waals surface area (Å²) in [4.78, 5) is 17.8. The van der Waals surface area contributed by atoms with Gasteiger partial charge in [-0.2, -0.15) is 0 Å². The molecule has 1 aliphatic rings. The van der Waals surface area contributed by atoms with Crippen molar-refractivity contribution in [3.05, 3.63) is 66.2 Å². The Hall–Kier alpha value is -2.88. The van der Waals surface area contributed by atoms with Crippen molar-refractivity contribution in [2.45, 2.75) is 38.0 Å². The fourth-order valence-corrected chi connectivity index (χ4v) is 3.98. The van der Waals surface area contributed by atoms with Crippen LogP contribution in [0.25, 0.3) is 22.5 Å². The quantitative estimate of drug-likeness (QED) is 0.620. The van der Waals surface area contributed by atoms with Crippen molar-refractivity contribution in [2.24, 2.45) is 0 Å². The SMILES string of the molecule is O=COn1nc(-c2ccccc2)c(C2CCCCC2)c1-c1ccccc1. The monoisotopic (exact) mass is 346 g/mol. The Morgan fingerprint density at radius 1 is 0.885 bits per heavy atom. The van der Waals surface area contributed by atoms with E-state index in [4.69, 9.17) is 4.84 Å². The molecule has 4 heteroatoms. The minimum atomic E-state index is 0.429. The predicted molar refractivity (Wildman–Crippen MR) is 102 cm³/mol. The molecular formula is C22H22N2O2. The van der Waals surface area contributed by atoms with Gasteiger partial charge in [-0.1, -0.05) is 84.8 Å². The molecule has 132 valence electrons. The summed E-state index contributed by atoms with van der Waals surface area (Å²) in [6.07, 6.45) is 6.04. The third-order valence-electron chi connectivity index (χ3n) is 5.14. The van der Waals surface area contributed by atoms with Gasteiger partial charge in [-0.3, -0.25) is 4.79 Å². The smallest absolute Gasteiger partial charge is 0.322 e. The molecule has 0 amide bonds. The molecule has 0 atom stereocenters. The van der Waals surface area contributed by atoms with Gasteiger partial charge in [-0.25, -0.2) is 0 Å². The van der Waals surface area contributed by atoms with Crippen molar-refractivity contribution in [2.75, 3.05) is 0 Å². The maximum absolute atomic E-state index is 11.1. The van der Waals surface area contributed by atoms with Gasteiger partial charge < -0.3 is 4.84 Å². The van der Waals surface area contributed by atoms with Crippen LogP contribution in [0, 0.1) is 0 Å². The number of hydrogen-bond acceptors (Lipinski definition) is 3. The zero-order chi connectivity index (χ0) is 17.8. The van der Waals surface area contributed by atoms with Crippen LogP contribution in [0.15, 0.2) is 60.7 Å². The summed E-state index contributed by atoms with van der Waals surface area (Å²) in [6.45, 7) is 0.443. The highest BCUT2D eigenvalue weighted by Gasteiger charge is 2.28. The molecule has 0 N–H and O–H groups in total. The van der Waals surface area contributed by atoms with Gasteiger partial charge in [0.05, 0.1) is 0 Å². The maximum atomic E-state index is 11.1. The highest BCUT2D eigenvalue weighted by molar-refractivity contribution is 5.75. The Morgan fingerprint density at radius 3 is 2.12 bits per heavy atom. The van der Waals surface area contributed by atoms with E-state index >= 15 is 0 Å². The Labute approximate surface area is 153 Å². The van der Waals surface area contributed by atoms with Crippen LogP contribution in [-0.2, 0) is 4.79 Å². The first kappa shape index (κ1) is 16.6. The minimum Gasteiger partial charge on any atom is -0.322 e. The van der Waals surface area contributed by atoms with Gasteiger partial charge in [0.25, 0.3) is 0 Å². The lowest BCUT2D eigenvalue weighted by Crippen LogP contribution is -2.13. The molecule has 0 radical (unpaired) electrons. The van der Waals surface area contributed by atoms with E-state index in [0.717, 1.165) is 35.4 Å². The van der Waals surface area contributed by atoms with Crippen molar-refractivity contribution in [1.82, 2.24) is 9.94 Å². The second-order valence-electron chi connectivity index (χ2n) is 6.75. The number of carbonyl (C=O) groups is 1. The maximum Gasteiger partial charge on any atom is 0.323 e. The van der Waals surface area contributed by atoms with Crippen molar-refractivity contribution in [3.8, 4) is 22.5 Å². The third-order valence-corrected chi connectivity index (χ3v) is 5.14. The van der Waals surface area contributed by atoms with Gasteiger partial charge in [-0.15, -0.1) is 5.10 Å². The second kappa shape index (κ2) is 7.56. The van der Waals surface area contributed by atoms with Gasteiger partial charge in [0.2, 0.25) is 0 Å². The molecular weight excluding hydrogens is 324 g/mol. The molecule has 4 nitrogen and oxygen atoms in total. The predicted octanol–water partition coefficient (Wildman–Crippen LogP) is 4.85. The molecule has 0 unspecified atom stereocenters. The summed E-state index contributed by atoms with van der Waals surface area (Å²) in [6, 6.07) is 20.2. The van der Waals surface area contributed by atoms with E-state index in [0.29, 0.717) is 12.4 Å². The average Bonchev–Trinajstić information content (AvgIpc) is 3.09. The van der Waals surface area contributed by atoms with Crippen LogP contribution < -0.4 is 4.84 Å².